The third-order valence-electron chi connectivity index (χ3n) is 5.83. The number of aromatic nitrogens is 2. The standard InChI is InChI=1S/C24H14N2/c1-3-11-19-15(7-1)17-9-5-13-21-23(17)25(19)22-14-6-10-18-16-8-2-4-12-20(16)26(21)24(18)22/h1-14H. The van der Waals surface area contributed by atoms with Gasteiger partial charge in [-0.25, -0.2) is 0 Å². The molecule has 0 amide bonds. The summed E-state index contributed by atoms with van der Waals surface area (Å²) >= 11 is 0. The fourth-order valence-corrected chi connectivity index (χ4v) is 4.86. The topological polar surface area (TPSA) is 8.82 Å². The van der Waals surface area contributed by atoms with Gasteiger partial charge in [0.1, 0.15) is 0 Å². The lowest BCUT2D eigenvalue weighted by molar-refractivity contribution is 1.26. The van der Waals surface area contributed by atoms with Crippen LogP contribution in [-0.4, -0.2) is 8.80 Å². The number of rotatable bonds is 0. The number of para-hydroxylation sites is 4. The van der Waals surface area contributed by atoms with Gasteiger partial charge in [-0.15, -0.1) is 0 Å². The minimum Gasteiger partial charge on any atom is -0.305 e. The molecule has 0 saturated carbocycles. The SMILES string of the molecule is c1ccc2c(c1)c1cccc3c1n2c1cccc2c4ccccc4n3c21. The maximum absolute atomic E-state index is 2.45. The molecule has 26 heavy (non-hydrogen) atoms. The van der Waals surface area contributed by atoms with E-state index in [0.29, 0.717) is 0 Å². The minimum atomic E-state index is 1.27. The highest BCUT2D eigenvalue weighted by atomic mass is 15.0. The van der Waals surface area contributed by atoms with Crippen molar-refractivity contribution < 1.29 is 0 Å². The number of benzene rings is 4. The van der Waals surface area contributed by atoms with Crippen LogP contribution in [0.4, 0.5) is 0 Å². The maximum atomic E-state index is 2.45. The Labute approximate surface area is 148 Å². The molecule has 4 aromatic carbocycles. The molecule has 2 heteroatoms. The van der Waals surface area contributed by atoms with E-state index >= 15 is 0 Å². The molecule has 0 N–H and O–H groups in total. The zero-order valence-electron chi connectivity index (χ0n) is 14.0. The molecule has 0 aliphatic rings. The summed E-state index contributed by atoms with van der Waals surface area (Å²) in [4.78, 5) is 0. The summed E-state index contributed by atoms with van der Waals surface area (Å²) in [5.74, 6) is 0. The molecule has 120 valence electrons. The van der Waals surface area contributed by atoms with Gasteiger partial charge in [0, 0.05) is 21.5 Å². The van der Waals surface area contributed by atoms with E-state index in [0.717, 1.165) is 0 Å². The van der Waals surface area contributed by atoms with Crippen LogP contribution in [-0.2, 0) is 0 Å². The molecular formula is C24H14N2. The number of nitrogens with zero attached hydrogens (tertiary/aromatic N) is 2. The van der Waals surface area contributed by atoms with Crippen molar-refractivity contribution in [3.8, 4) is 0 Å². The zero-order chi connectivity index (χ0) is 16.8. The number of hydrogen-bond donors (Lipinski definition) is 0. The van der Waals surface area contributed by atoms with Crippen LogP contribution in [0.5, 0.6) is 0 Å². The summed E-state index contributed by atoms with van der Waals surface area (Å²) in [5, 5.41) is 5.27. The summed E-state index contributed by atoms with van der Waals surface area (Å²) in [5.41, 5.74) is 7.69. The normalized spacial score (nSPS) is 12.6. The Hall–Kier alpha value is -3.52. The zero-order valence-corrected chi connectivity index (χ0v) is 14.0. The molecule has 0 aliphatic heterocycles. The molecule has 0 fully saturated rings. The van der Waals surface area contributed by atoms with Crippen LogP contribution in [0.15, 0.2) is 84.9 Å². The lowest BCUT2D eigenvalue weighted by Crippen LogP contribution is -1.96. The number of fused-ring (bicyclic) bond motifs is 8. The second-order valence-corrected chi connectivity index (χ2v) is 7.05. The van der Waals surface area contributed by atoms with E-state index in [2.05, 4.69) is 93.7 Å². The van der Waals surface area contributed by atoms with E-state index in [1.54, 1.807) is 0 Å². The van der Waals surface area contributed by atoms with E-state index in [9.17, 15) is 0 Å². The van der Waals surface area contributed by atoms with E-state index < -0.39 is 0 Å². The highest BCUT2D eigenvalue weighted by molar-refractivity contribution is 6.21. The molecule has 0 saturated heterocycles. The molecule has 0 atom stereocenters. The molecule has 3 aromatic heterocycles. The molecule has 0 radical (unpaired) electrons. The Balaban J connectivity index is 2.02. The molecule has 0 unspecified atom stereocenters. The largest absolute Gasteiger partial charge is 0.305 e. The predicted octanol–water partition coefficient (Wildman–Crippen LogP) is 6.24. The van der Waals surface area contributed by atoms with Crippen LogP contribution >= 0.6 is 0 Å². The second-order valence-electron chi connectivity index (χ2n) is 7.05. The highest BCUT2D eigenvalue weighted by Gasteiger charge is 2.19. The highest BCUT2D eigenvalue weighted by Crippen LogP contribution is 2.39. The smallest absolute Gasteiger partial charge is 0.0783 e. The quantitative estimate of drug-likeness (QED) is 0.291. The van der Waals surface area contributed by atoms with E-state index in [-0.39, 0.29) is 0 Å². The molecule has 0 spiro atoms. The monoisotopic (exact) mass is 330 g/mol. The molecule has 3 heterocycles. The molecule has 0 bridgehead atoms. The van der Waals surface area contributed by atoms with Crippen LogP contribution in [0.25, 0.3) is 54.6 Å². The summed E-state index contributed by atoms with van der Waals surface area (Å²) < 4.78 is 4.89. The average Bonchev–Trinajstić information content (AvgIpc) is 3.22. The summed E-state index contributed by atoms with van der Waals surface area (Å²) in [6.45, 7) is 0. The van der Waals surface area contributed by atoms with Crippen molar-refractivity contribution in [2.45, 2.75) is 0 Å². The van der Waals surface area contributed by atoms with Gasteiger partial charge in [0.05, 0.1) is 33.1 Å². The maximum Gasteiger partial charge on any atom is 0.0783 e. The molecule has 0 aliphatic carbocycles. The van der Waals surface area contributed by atoms with E-state index in [1.807, 2.05) is 0 Å². The van der Waals surface area contributed by atoms with Gasteiger partial charge in [0.25, 0.3) is 0 Å². The van der Waals surface area contributed by atoms with E-state index in [1.165, 1.54) is 54.6 Å². The van der Waals surface area contributed by atoms with Crippen LogP contribution in [0.3, 0.4) is 0 Å². The van der Waals surface area contributed by atoms with Gasteiger partial charge in [0.2, 0.25) is 0 Å². The Bertz CT molecular complexity index is 1500. The molecular weight excluding hydrogens is 316 g/mol. The van der Waals surface area contributed by atoms with Gasteiger partial charge < -0.3 is 8.80 Å². The third-order valence-corrected chi connectivity index (χ3v) is 5.83. The van der Waals surface area contributed by atoms with Crippen LogP contribution in [0, 0.1) is 0 Å². The Morgan fingerprint density at radius 3 is 1.23 bits per heavy atom. The van der Waals surface area contributed by atoms with Gasteiger partial charge in [-0.1, -0.05) is 60.7 Å². The van der Waals surface area contributed by atoms with Crippen molar-refractivity contribution in [3.05, 3.63) is 84.9 Å². The first kappa shape index (κ1) is 12.8. The lowest BCUT2D eigenvalue weighted by Gasteiger charge is -2.11. The Morgan fingerprint density at radius 1 is 0.346 bits per heavy atom. The first-order chi connectivity index (χ1) is 12.9. The average molecular weight is 330 g/mol. The summed E-state index contributed by atoms with van der Waals surface area (Å²) in [6, 6.07) is 30.8. The Morgan fingerprint density at radius 2 is 0.731 bits per heavy atom. The predicted molar refractivity (Wildman–Crippen MR) is 110 cm³/mol. The van der Waals surface area contributed by atoms with Crippen LogP contribution < -0.4 is 0 Å². The third kappa shape index (κ3) is 1.26. The summed E-state index contributed by atoms with van der Waals surface area (Å²) in [6.07, 6.45) is 0. The molecule has 7 aromatic rings. The molecule has 2 nitrogen and oxygen atoms in total. The number of hydrogen-bond acceptors (Lipinski definition) is 0. The fourth-order valence-electron chi connectivity index (χ4n) is 4.86. The van der Waals surface area contributed by atoms with Crippen molar-refractivity contribution in [1.82, 2.24) is 8.80 Å². The van der Waals surface area contributed by atoms with Crippen molar-refractivity contribution in [2.75, 3.05) is 0 Å². The minimum absolute atomic E-state index is 1.27. The van der Waals surface area contributed by atoms with Gasteiger partial charge in [-0.05, 0) is 24.3 Å². The van der Waals surface area contributed by atoms with Crippen LogP contribution in [0.2, 0.25) is 0 Å². The van der Waals surface area contributed by atoms with Crippen LogP contribution in [0.1, 0.15) is 0 Å². The van der Waals surface area contributed by atoms with Crippen molar-refractivity contribution in [1.29, 1.82) is 0 Å². The van der Waals surface area contributed by atoms with Crippen molar-refractivity contribution in [3.63, 3.8) is 0 Å². The van der Waals surface area contributed by atoms with Gasteiger partial charge in [-0.3, -0.25) is 0 Å². The summed E-state index contributed by atoms with van der Waals surface area (Å²) in [7, 11) is 0. The van der Waals surface area contributed by atoms with Gasteiger partial charge in [0.15, 0.2) is 0 Å². The van der Waals surface area contributed by atoms with E-state index in [4.69, 9.17) is 0 Å². The van der Waals surface area contributed by atoms with Crippen molar-refractivity contribution >= 4 is 54.6 Å². The van der Waals surface area contributed by atoms with Crippen molar-refractivity contribution in [2.24, 2.45) is 0 Å². The lowest BCUT2D eigenvalue weighted by atomic mass is 10.1. The Kier molecular flexibility index (Phi) is 2.05. The first-order valence-electron chi connectivity index (χ1n) is 8.98. The van der Waals surface area contributed by atoms with Gasteiger partial charge >= 0.3 is 0 Å². The second kappa shape index (κ2) is 4.17. The molecule has 7 rings (SSSR count). The fraction of sp³-hybridized carbons (Fsp3) is 0. The van der Waals surface area contributed by atoms with Gasteiger partial charge in [-0.2, -0.15) is 0 Å². The first-order valence-corrected chi connectivity index (χ1v) is 8.98.